The quantitative estimate of drug-likeness (QED) is 0.829. The predicted octanol–water partition coefficient (Wildman–Crippen LogP) is 3.43. The van der Waals surface area contributed by atoms with E-state index in [1.165, 1.54) is 16.2 Å². The first kappa shape index (κ1) is 15.1. The molecule has 3 nitrogen and oxygen atoms in total. The molecular formula is C16H23N3S. The van der Waals surface area contributed by atoms with Crippen LogP contribution in [0.15, 0.2) is 35.2 Å². The number of aromatic nitrogens is 2. The third-order valence-corrected chi connectivity index (χ3v) is 4.35. The van der Waals surface area contributed by atoms with Crippen molar-refractivity contribution in [2.45, 2.75) is 44.2 Å². The number of hydrogen-bond acceptors (Lipinski definition) is 3. The van der Waals surface area contributed by atoms with Gasteiger partial charge in [-0.3, -0.25) is 4.68 Å². The van der Waals surface area contributed by atoms with E-state index in [0.29, 0.717) is 0 Å². The molecule has 4 heteroatoms. The van der Waals surface area contributed by atoms with Crippen LogP contribution in [0, 0.1) is 0 Å². The Labute approximate surface area is 125 Å². The molecule has 1 unspecified atom stereocenters. The Bertz CT molecular complexity index is 563. The van der Waals surface area contributed by atoms with Crippen LogP contribution in [0.2, 0.25) is 0 Å². The summed E-state index contributed by atoms with van der Waals surface area (Å²) >= 11 is 1.75. The monoisotopic (exact) mass is 289 g/mol. The van der Waals surface area contributed by atoms with E-state index in [-0.39, 0.29) is 6.04 Å². The van der Waals surface area contributed by atoms with Gasteiger partial charge in [-0.1, -0.05) is 25.1 Å². The molecule has 1 aromatic heterocycles. The molecule has 2 rings (SSSR count). The van der Waals surface area contributed by atoms with E-state index in [4.69, 9.17) is 5.73 Å². The summed E-state index contributed by atoms with van der Waals surface area (Å²) in [6.07, 6.45) is 3.89. The lowest BCUT2D eigenvalue weighted by molar-refractivity contribution is 0.583. The average Bonchev–Trinajstić information content (AvgIpc) is 2.89. The zero-order chi connectivity index (χ0) is 14.5. The van der Waals surface area contributed by atoms with Gasteiger partial charge in [0.05, 0.1) is 5.69 Å². The molecule has 0 bridgehead atoms. The Morgan fingerprint density at radius 2 is 2.05 bits per heavy atom. The van der Waals surface area contributed by atoms with E-state index in [1.54, 1.807) is 11.8 Å². The molecule has 0 amide bonds. The number of rotatable bonds is 6. The van der Waals surface area contributed by atoms with Gasteiger partial charge >= 0.3 is 0 Å². The van der Waals surface area contributed by atoms with Crippen LogP contribution in [0.4, 0.5) is 0 Å². The molecule has 0 aliphatic carbocycles. The summed E-state index contributed by atoms with van der Waals surface area (Å²) in [6.45, 7) is 5.15. The molecule has 108 valence electrons. The van der Waals surface area contributed by atoms with Crippen molar-refractivity contribution in [2.24, 2.45) is 5.73 Å². The van der Waals surface area contributed by atoms with Crippen LogP contribution in [-0.2, 0) is 19.4 Å². The summed E-state index contributed by atoms with van der Waals surface area (Å²) in [7, 11) is 0. The fourth-order valence-electron chi connectivity index (χ4n) is 2.43. The molecule has 1 heterocycles. The molecule has 0 radical (unpaired) electrons. The van der Waals surface area contributed by atoms with Gasteiger partial charge in [0.1, 0.15) is 0 Å². The fraction of sp³-hybridized carbons (Fsp3) is 0.438. The van der Waals surface area contributed by atoms with Crippen LogP contribution < -0.4 is 5.73 Å². The van der Waals surface area contributed by atoms with Crippen LogP contribution in [-0.4, -0.2) is 16.0 Å². The summed E-state index contributed by atoms with van der Waals surface area (Å²) in [4.78, 5) is 1.26. The molecule has 0 saturated carbocycles. The van der Waals surface area contributed by atoms with Gasteiger partial charge in [-0.05, 0) is 37.3 Å². The van der Waals surface area contributed by atoms with E-state index in [9.17, 15) is 0 Å². The van der Waals surface area contributed by atoms with E-state index in [0.717, 1.165) is 25.1 Å². The van der Waals surface area contributed by atoms with Crippen molar-refractivity contribution in [3.8, 4) is 0 Å². The largest absolute Gasteiger partial charge is 0.324 e. The highest BCUT2D eigenvalue weighted by Gasteiger charge is 2.14. The molecule has 0 aliphatic heterocycles. The van der Waals surface area contributed by atoms with Gasteiger partial charge in [-0.25, -0.2) is 0 Å². The second kappa shape index (κ2) is 6.95. The van der Waals surface area contributed by atoms with Gasteiger partial charge in [0.15, 0.2) is 0 Å². The molecule has 0 saturated heterocycles. The van der Waals surface area contributed by atoms with Gasteiger partial charge in [-0.2, -0.15) is 5.10 Å². The van der Waals surface area contributed by atoms with Crippen LogP contribution in [0.5, 0.6) is 0 Å². The molecular weight excluding hydrogens is 266 g/mol. The van der Waals surface area contributed by atoms with Crippen molar-refractivity contribution in [3.63, 3.8) is 0 Å². The highest BCUT2D eigenvalue weighted by Crippen LogP contribution is 2.26. The summed E-state index contributed by atoms with van der Waals surface area (Å²) in [5.74, 6) is 0. The van der Waals surface area contributed by atoms with Crippen LogP contribution in [0.3, 0.4) is 0 Å². The molecule has 2 aromatic rings. The maximum Gasteiger partial charge on any atom is 0.0624 e. The second-order valence-electron chi connectivity index (χ2n) is 4.85. The minimum Gasteiger partial charge on any atom is -0.324 e. The SMILES string of the molecule is CCc1cc(CC(N)c2ccccc2SC)n(CC)n1. The molecule has 1 aromatic carbocycles. The lowest BCUT2D eigenvalue weighted by Gasteiger charge is -2.16. The van der Waals surface area contributed by atoms with Crippen molar-refractivity contribution >= 4 is 11.8 Å². The summed E-state index contributed by atoms with van der Waals surface area (Å²) in [5, 5.41) is 4.59. The lowest BCUT2D eigenvalue weighted by atomic mass is 10.0. The van der Waals surface area contributed by atoms with Crippen molar-refractivity contribution < 1.29 is 0 Å². The molecule has 0 aliphatic rings. The average molecular weight is 289 g/mol. The van der Waals surface area contributed by atoms with Gasteiger partial charge in [0.2, 0.25) is 0 Å². The first-order valence-electron chi connectivity index (χ1n) is 7.13. The number of benzene rings is 1. The van der Waals surface area contributed by atoms with Gasteiger partial charge < -0.3 is 5.73 Å². The third kappa shape index (κ3) is 3.25. The molecule has 1 atom stereocenters. The first-order chi connectivity index (χ1) is 9.69. The van der Waals surface area contributed by atoms with Crippen molar-refractivity contribution in [1.29, 1.82) is 0 Å². The van der Waals surface area contributed by atoms with Crippen molar-refractivity contribution in [3.05, 3.63) is 47.3 Å². The normalized spacial score (nSPS) is 12.6. The third-order valence-electron chi connectivity index (χ3n) is 3.54. The summed E-state index contributed by atoms with van der Waals surface area (Å²) < 4.78 is 2.07. The Morgan fingerprint density at radius 3 is 2.70 bits per heavy atom. The summed E-state index contributed by atoms with van der Waals surface area (Å²) in [6, 6.07) is 10.6. The van der Waals surface area contributed by atoms with E-state index >= 15 is 0 Å². The van der Waals surface area contributed by atoms with Crippen molar-refractivity contribution in [2.75, 3.05) is 6.26 Å². The number of nitrogens with two attached hydrogens (primary N) is 1. The Morgan fingerprint density at radius 1 is 1.30 bits per heavy atom. The highest BCUT2D eigenvalue weighted by atomic mass is 32.2. The zero-order valence-corrected chi connectivity index (χ0v) is 13.3. The predicted molar refractivity (Wildman–Crippen MR) is 86.1 cm³/mol. The Hall–Kier alpha value is -1.26. The topological polar surface area (TPSA) is 43.8 Å². The molecule has 20 heavy (non-hydrogen) atoms. The minimum atomic E-state index is 0.0188. The molecule has 0 fully saturated rings. The highest BCUT2D eigenvalue weighted by molar-refractivity contribution is 7.98. The Balaban J connectivity index is 2.22. The van der Waals surface area contributed by atoms with Crippen LogP contribution >= 0.6 is 11.8 Å². The Kier molecular flexibility index (Phi) is 5.26. The summed E-state index contributed by atoms with van der Waals surface area (Å²) in [5.41, 5.74) is 10.0. The standard InChI is InChI=1S/C16H23N3S/c1-4-12-10-13(19(5-2)18-12)11-15(17)14-8-6-7-9-16(14)20-3/h6-10,15H,4-5,11,17H2,1-3H3. The van der Waals surface area contributed by atoms with E-state index < -0.39 is 0 Å². The zero-order valence-electron chi connectivity index (χ0n) is 12.5. The van der Waals surface area contributed by atoms with Gasteiger partial charge in [0, 0.05) is 29.6 Å². The van der Waals surface area contributed by atoms with Crippen LogP contribution in [0.25, 0.3) is 0 Å². The molecule has 0 spiro atoms. The number of nitrogens with zero attached hydrogens (tertiary/aromatic N) is 2. The number of hydrogen-bond donors (Lipinski definition) is 1. The van der Waals surface area contributed by atoms with Crippen LogP contribution in [0.1, 0.15) is 36.8 Å². The maximum absolute atomic E-state index is 6.42. The fourth-order valence-corrected chi connectivity index (χ4v) is 3.10. The minimum absolute atomic E-state index is 0.0188. The van der Waals surface area contributed by atoms with Gasteiger partial charge in [-0.15, -0.1) is 11.8 Å². The molecule has 2 N–H and O–H groups in total. The maximum atomic E-state index is 6.42. The van der Waals surface area contributed by atoms with E-state index in [2.05, 4.69) is 60.2 Å². The number of thioether (sulfide) groups is 1. The van der Waals surface area contributed by atoms with Crippen molar-refractivity contribution in [1.82, 2.24) is 9.78 Å². The van der Waals surface area contributed by atoms with E-state index in [1.807, 2.05) is 0 Å². The smallest absolute Gasteiger partial charge is 0.0624 e. The van der Waals surface area contributed by atoms with Gasteiger partial charge in [0.25, 0.3) is 0 Å². The lowest BCUT2D eigenvalue weighted by Crippen LogP contribution is -2.16. The first-order valence-corrected chi connectivity index (χ1v) is 8.36. The number of aryl methyl sites for hydroxylation is 2. The second-order valence-corrected chi connectivity index (χ2v) is 5.70.